The lowest BCUT2D eigenvalue weighted by molar-refractivity contribution is 0.0963. The molecule has 0 unspecified atom stereocenters. The van der Waals surface area contributed by atoms with Crippen molar-refractivity contribution >= 4 is 11.9 Å². The van der Waals surface area contributed by atoms with Gasteiger partial charge in [-0.25, -0.2) is 4.79 Å². The molecule has 25 heavy (non-hydrogen) atoms. The van der Waals surface area contributed by atoms with Crippen LogP contribution in [0.4, 0.5) is 4.79 Å². The molecule has 1 saturated heterocycles. The van der Waals surface area contributed by atoms with Crippen LogP contribution in [0.25, 0.3) is 0 Å². The van der Waals surface area contributed by atoms with Gasteiger partial charge in [0, 0.05) is 25.7 Å². The predicted octanol–water partition coefficient (Wildman–Crippen LogP) is 2.73. The summed E-state index contributed by atoms with van der Waals surface area (Å²) in [5.74, 6) is 0.732. The summed E-state index contributed by atoms with van der Waals surface area (Å²) in [7, 11) is 1.61. The predicted molar refractivity (Wildman–Crippen MR) is 94.3 cm³/mol. The summed E-state index contributed by atoms with van der Waals surface area (Å²) < 4.78 is 5.46. The molecule has 0 bridgehead atoms. The van der Waals surface area contributed by atoms with Crippen LogP contribution in [0.15, 0.2) is 47.1 Å². The number of nitrogens with one attached hydrogen (secondary N) is 2. The Morgan fingerprint density at radius 2 is 2.16 bits per heavy atom. The van der Waals surface area contributed by atoms with E-state index in [1.807, 2.05) is 35.2 Å². The van der Waals surface area contributed by atoms with Crippen LogP contribution in [0.5, 0.6) is 0 Å². The van der Waals surface area contributed by atoms with Gasteiger partial charge in [0.2, 0.25) is 0 Å². The number of furan rings is 1. The van der Waals surface area contributed by atoms with Crippen molar-refractivity contribution in [2.24, 2.45) is 0 Å². The second-order valence-electron chi connectivity index (χ2n) is 6.13. The molecule has 1 aromatic carbocycles. The van der Waals surface area contributed by atoms with Crippen molar-refractivity contribution in [3.05, 3.63) is 59.5 Å². The zero-order valence-electron chi connectivity index (χ0n) is 14.3. The number of nitrogens with zero attached hydrogens (tertiary/aromatic N) is 1. The molecule has 3 rings (SSSR count). The van der Waals surface area contributed by atoms with E-state index < -0.39 is 0 Å². The molecule has 0 radical (unpaired) electrons. The van der Waals surface area contributed by atoms with Crippen LogP contribution in [0.2, 0.25) is 0 Å². The van der Waals surface area contributed by atoms with Gasteiger partial charge in [0.05, 0.1) is 12.3 Å². The van der Waals surface area contributed by atoms with Crippen molar-refractivity contribution in [3.8, 4) is 0 Å². The van der Waals surface area contributed by atoms with Gasteiger partial charge in [-0.3, -0.25) is 4.79 Å². The van der Waals surface area contributed by atoms with Crippen LogP contribution in [-0.2, 0) is 6.42 Å². The fourth-order valence-electron chi connectivity index (χ4n) is 3.21. The molecule has 132 valence electrons. The molecule has 0 spiro atoms. The number of rotatable bonds is 5. The van der Waals surface area contributed by atoms with Gasteiger partial charge in [0.25, 0.3) is 5.91 Å². The first-order chi connectivity index (χ1) is 12.2. The molecule has 1 aliphatic rings. The fourth-order valence-corrected chi connectivity index (χ4v) is 3.21. The summed E-state index contributed by atoms with van der Waals surface area (Å²) in [6, 6.07) is 11.2. The molecule has 1 fully saturated rings. The Labute approximate surface area is 147 Å². The largest absolute Gasteiger partial charge is 0.467 e. The number of likely N-dealkylation sites (tertiary alicyclic amines) is 1. The van der Waals surface area contributed by atoms with Gasteiger partial charge in [-0.05, 0) is 49.1 Å². The van der Waals surface area contributed by atoms with Gasteiger partial charge in [-0.1, -0.05) is 12.1 Å². The van der Waals surface area contributed by atoms with Crippen LogP contribution < -0.4 is 10.6 Å². The topological polar surface area (TPSA) is 74.6 Å². The standard InChI is InChI=1S/C19H23N3O3/c1-20-18(23)15-6-2-5-14(13-15)9-10-21-19(24)22-11-3-7-16(22)17-8-4-12-25-17/h2,4-6,8,12-13,16H,3,7,9-11H2,1H3,(H,20,23)(H,21,24)/t16-/m1/s1. The molecule has 2 heterocycles. The Bertz CT molecular complexity index is 727. The average molecular weight is 341 g/mol. The van der Waals surface area contributed by atoms with E-state index in [0.717, 1.165) is 30.7 Å². The third-order valence-electron chi connectivity index (χ3n) is 4.49. The number of hydrogen-bond acceptors (Lipinski definition) is 3. The van der Waals surface area contributed by atoms with Crippen molar-refractivity contribution in [2.75, 3.05) is 20.1 Å². The Balaban J connectivity index is 1.53. The second kappa shape index (κ2) is 7.88. The normalized spacial score (nSPS) is 16.7. The van der Waals surface area contributed by atoms with Gasteiger partial charge in [0.1, 0.15) is 5.76 Å². The monoisotopic (exact) mass is 341 g/mol. The summed E-state index contributed by atoms with van der Waals surface area (Å²) in [6.45, 7) is 1.26. The van der Waals surface area contributed by atoms with Gasteiger partial charge in [-0.15, -0.1) is 0 Å². The van der Waals surface area contributed by atoms with E-state index in [-0.39, 0.29) is 18.0 Å². The van der Waals surface area contributed by atoms with Crippen molar-refractivity contribution < 1.29 is 14.0 Å². The first-order valence-corrected chi connectivity index (χ1v) is 8.58. The van der Waals surface area contributed by atoms with E-state index in [1.165, 1.54) is 0 Å². The maximum absolute atomic E-state index is 12.5. The molecule has 6 heteroatoms. The smallest absolute Gasteiger partial charge is 0.318 e. The lowest BCUT2D eigenvalue weighted by Crippen LogP contribution is -2.40. The Hall–Kier alpha value is -2.76. The van der Waals surface area contributed by atoms with Crippen LogP contribution in [-0.4, -0.2) is 37.0 Å². The lowest BCUT2D eigenvalue weighted by Gasteiger charge is -2.23. The molecule has 1 aromatic heterocycles. The highest BCUT2D eigenvalue weighted by Gasteiger charge is 2.31. The van der Waals surface area contributed by atoms with Crippen molar-refractivity contribution in [2.45, 2.75) is 25.3 Å². The third kappa shape index (κ3) is 4.02. The highest BCUT2D eigenvalue weighted by Crippen LogP contribution is 2.31. The fraction of sp³-hybridized carbons (Fsp3) is 0.368. The highest BCUT2D eigenvalue weighted by molar-refractivity contribution is 5.94. The van der Waals surface area contributed by atoms with Gasteiger partial charge < -0.3 is 20.0 Å². The van der Waals surface area contributed by atoms with E-state index in [0.29, 0.717) is 18.5 Å². The number of carbonyl (C=O) groups is 2. The van der Waals surface area contributed by atoms with E-state index in [2.05, 4.69) is 10.6 Å². The van der Waals surface area contributed by atoms with Crippen LogP contribution >= 0.6 is 0 Å². The first kappa shape index (κ1) is 17.1. The first-order valence-electron chi connectivity index (χ1n) is 8.58. The number of benzene rings is 1. The van der Waals surface area contributed by atoms with Gasteiger partial charge >= 0.3 is 6.03 Å². The summed E-state index contributed by atoms with van der Waals surface area (Å²) >= 11 is 0. The van der Waals surface area contributed by atoms with E-state index in [1.54, 1.807) is 19.4 Å². The number of amides is 3. The minimum absolute atomic E-state index is 0.0200. The highest BCUT2D eigenvalue weighted by atomic mass is 16.3. The zero-order valence-corrected chi connectivity index (χ0v) is 14.3. The average Bonchev–Trinajstić information content (AvgIpc) is 3.32. The van der Waals surface area contributed by atoms with Crippen molar-refractivity contribution in [1.29, 1.82) is 0 Å². The minimum Gasteiger partial charge on any atom is -0.467 e. The summed E-state index contributed by atoms with van der Waals surface area (Å²) in [6.07, 6.45) is 4.22. The summed E-state index contributed by atoms with van der Waals surface area (Å²) in [5.41, 5.74) is 1.65. The minimum atomic E-state index is -0.107. The number of carbonyl (C=O) groups excluding carboxylic acids is 2. The van der Waals surface area contributed by atoms with E-state index >= 15 is 0 Å². The molecule has 0 saturated carbocycles. The lowest BCUT2D eigenvalue weighted by atomic mass is 10.1. The van der Waals surface area contributed by atoms with Crippen LogP contribution in [0, 0.1) is 0 Å². The van der Waals surface area contributed by atoms with E-state index in [9.17, 15) is 9.59 Å². The molecular formula is C19H23N3O3. The third-order valence-corrected chi connectivity index (χ3v) is 4.49. The number of urea groups is 1. The molecule has 1 aliphatic heterocycles. The van der Waals surface area contributed by atoms with Crippen molar-refractivity contribution in [1.82, 2.24) is 15.5 Å². The second-order valence-corrected chi connectivity index (χ2v) is 6.13. The molecule has 1 atom stereocenters. The summed E-state index contributed by atoms with van der Waals surface area (Å²) in [5, 5.41) is 5.59. The molecule has 6 nitrogen and oxygen atoms in total. The van der Waals surface area contributed by atoms with Crippen LogP contribution in [0.1, 0.15) is 40.6 Å². The Morgan fingerprint density at radius 3 is 2.92 bits per heavy atom. The van der Waals surface area contributed by atoms with Crippen LogP contribution in [0.3, 0.4) is 0 Å². The molecule has 3 amide bonds. The van der Waals surface area contributed by atoms with Crippen molar-refractivity contribution in [3.63, 3.8) is 0 Å². The summed E-state index contributed by atoms with van der Waals surface area (Å²) in [4.78, 5) is 26.0. The molecule has 0 aliphatic carbocycles. The SMILES string of the molecule is CNC(=O)c1cccc(CCNC(=O)N2CCC[C@@H]2c2ccco2)c1. The molecule has 2 N–H and O–H groups in total. The van der Waals surface area contributed by atoms with E-state index in [4.69, 9.17) is 4.42 Å². The van der Waals surface area contributed by atoms with Gasteiger partial charge in [-0.2, -0.15) is 0 Å². The quantitative estimate of drug-likeness (QED) is 0.878. The Morgan fingerprint density at radius 1 is 1.28 bits per heavy atom. The molecule has 2 aromatic rings. The molecular weight excluding hydrogens is 318 g/mol. The van der Waals surface area contributed by atoms with Gasteiger partial charge in [0.15, 0.2) is 0 Å². The zero-order chi connectivity index (χ0) is 17.6. The Kier molecular flexibility index (Phi) is 5.38. The number of hydrogen-bond donors (Lipinski definition) is 2. The maximum atomic E-state index is 12.5. The maximum Gasteiger partial charge on any atom is 0.318 e.